The zero-order valence-corrected chi connectivity index (χ0v) is 66.0. The minimum Gasteiger partial charge on any atom is -0.377 e. The third kappa shape index (κ3) is 16.9. The van der Waals surface area contributed by atoms with E-state index < -0.39 is 28.1 Å². The Kier molecular flexibility index (Phi) is 23.3. The lowest BCUT2D eigenvalue weighted by Crippen LogP contribution is -2.41. The maximum Gasteiger partial charge on any atom is 0.264 e. The molecule has 0 spiro atoms. The monoisotopic (exact) mass is 1590 g/mol. The van der Waals surface area contributed by atoms with Gasteiger partial charge in [-0.3, -0.25) is 47.3 Å². The lowest BCUT2D eigenvalue weighted by molar-refractivity contribution is -0.125. The number of carbonyl (C=O) groups excluding carboxylic acids is 4. The summed E-state index contributed by atoms with van der Waals surface area (Å²) in [6, 6.07) is 53.7. The number of para-hydroxylation sites is 3. The highest BCUT2D eigenvalue weighted by Crippen LogP contribution is 2.30. The molecule has 4 amide bonds. The number of rotatable bonds is 17. The number of fused-ring (bicyclic) bond motifs is 6. The molecule has 0 bridgehead atoms. The van der Waals surface area contributed by atoms with Crippen LogP contribution in [0.25, 0.3) is 72.0 Å². The van der Waals surface area contributed by atoms with E-state index in [0.717, 1.165) is 34.0 Å². The summed E-state index contributed by atoms with van der Waals surface area (Å²) in [4.78, 5) is 106. The predicted molar refractivity (Wildman–Crippen MR) is 453 cm³/mol. The highest BCUT2D eigenvalue weighted by molar-refractivity contribution is 7.88. The van der Waals surface area contributed by atoms with Crippen molar-refractivity contribution in [3.05, 3.63) is 325 Å². The Morgan fingerprint density at radius 1 is 0.525 bits per heavy atom. The molecule has 6 aromatic carbocycles. The van der Waals surface area contributed by atoms with Crippen LogP contribution in [0, 0.1) is 49.4 Å². The Morgan fingerprint density at radius 3 is 1.35 bits per heavy atom. The van der Waals surface area contributed by atoms with Crippen molar-refractivity contribution in [1.29, 1.82) is 0 Å². The molecule has 15 aromatic rings. The van der Waals surface area contributed by atoms with E-state index in [1.54, 1.807) is 116 Å². The molecule has 588 valence electrons. The van der Waals surface area contributed by atoms with Gasteiger partial charge in [0.2, 0.25) is 21.8 Å². The maximum absolute atomic E-state index is 14.2. The minimum absolute atomic E-state index is 0.0823. The van der Waals surface area contributed by atoms with Crippen molar-refractivity contribution in [1.82, 2.24) is 88.8 Å². The van der Waals surface area contributed by atoms with Gasteiger partial charge in [-0.15, -0.1) is 5.92 Å². The third-order valence-electron chi connectivity index (χ3n) is 19.7. The van der Waals surface area contributed by atoms with Gasteiger partial charge in [-0.25, -0.2) is 41.6 Å². The molecule has 4 atom stereocenters. The highest BCUT2D eigenvalue weighted by atomic mass is 32.2. The Hall–Kier alpha value is -15.2. The average molecular weight is 1590 g/mol. The Morgan fingerprint density at radius 2 is 0.932 bits per heavy atom. The first kappa shape index (κ1) is 79.5. The maximum atomic E-state index is 14.2. The molecule has 9 aromatic heterocycles. The summed E-state index contributed by atoms with van der Waals surface area (Å²) in [7, 11) is -3.39. The van der Waals surface area contributed by atoms with E-state index in [2.05, 4.69) is 104 Å². The molecule has 0 radical (unpaired) electrons. The van der Waals surface area contributed by atoms with Gasteiger partial charge in [0.15, 0.2) is 16.9 Å². The number of carbonyl (C=O) groups is 4. The SMILES string of the molecule is C=C(N[C@@H](C)c1cc2cccc(C#CCNC(=O)[C@@H]3CCC(=O)N3)c2c(=O)n1-c1ccccc1)c1cnn2cccnc12.CC#Cc1cccc2cc([C@H](C)NC(=O)c3c(C)nn4cccnc34)n(-c3ccccc3)c(=O)c12.Cc1nn2cccnc2c1C(=O)N[C@@H](C)c1cc2cccc(C#CCNS(C)(=O)=O)c2c(=O)n1-c1ccccc1. The topological polar surface area (TPSA) is 331 Å². The largest absolute Gasteiger partial charge is 0.377 e. The number of aromatic nitrogens is 12. The van der Waals surface area contributed by atoms with Crippen molar-refractivity contribution in [2.24, 2.45) is 0 Å². The first-order valence-corrected chi connectivity index (χ1v) is 39.5. The molecule has 1 saturated heterocycles. The van der Waals surface area contributed by atoms with Gasteiger partial charge in [0.25, 0.3) is 28.5 Å². The average Bonchev–Trinajstić information content (AvgIpc) is 0.947. The van der Waals surface area contributed by atoms with Crippen LogP contribution in [0.1, 0.15) is 130 Å². The Balaban J connectivity index is 0.000000146. The van der Waals surface area contributed by atoms with Crippen LogP contribution < -0.4 is 48.0 Å². The smallest absolute Gasteiger partial charge is 0.264 e. The van der Waals surface area contributed by atoms with Crippen LogP contribution in [0.15, 0.2) is 246 Å². The molecule has 6 N–H and O–H groups in total. The fourth-order valence-electron chi connectivity index (χ4n) is 14.3. The number of nitrogens with one attached hydrogen (secondary N) is 6. The number of aryl methyl sites for hydroxylation is 2. The molecule has 118 heavy (non-hydrogen) atoms. The van der Waals surface area contributed by atoms with Crippen LogP contribution in [0.2, 0.25) is 0 Å². The first-order chi connectivity index (χ1) is 57.0. The molecule has 1 aliphatic heterocycles. The number of amides is 4. The number of hydrogen-bond donors (Lipinski definition) is 6. The van der Waals surface area contributed by atoms with Gasteiger partial charge < -0.3 is 26.6 Å². The zero-order valence-electron chi connectivity index (χ0n) is 65.2. The van der Waals surface area contributed by atoms with Gasteiger partial charge >= 0.3 is 0 Å². The summed E-state index contributed by atoms with van der Waals surface area (Å²) in [6.07, 6.45) is 13.8. The van der Waals surface area contributed by atoms with Crippen LogP contribution in [0.5, 0.6) is 0 Å². The Labute approximate surface area is 676 Å². The molecular formula is C90H78N18O9S. The second kappa shape index (κ2) is 34.7. The van der Waals surface area contributed by atoms with Crippen LogP contribution in [0.4, 0.5) is 0 Å². The van der Waals surface area contributed by atoms with E-state index in [0.29, 0.717) is 119 Å². The molecule has 16 rings (SSSR count). The van der Waals surface area contributed by atoms with Crippen LogP contribution >= 0.6 is 0 Å². The van der Waals surface area contributed by atoms with Crippen molar-refractivity contribution in [2.75, 3.05) is 19.3 Å². The van der Waals surface area contributed by atoms with E-state index in [1.807, 2.05) is 179 Å². The molecular weight excluding hydrogens is 1510 g/mol. The van der Waals surface area contributed by atoms with E-state index in [-0.39, 0.29) is 59.4 Å². The van der Waals surface area contributed by atoms with E-state index in [9.17, 15) is 42.0 Å². The molecule has 27 nitrogen and oxygen atoms in total. The van der Waals surface area contributed by atoms with Gasteiger partial charge in [0, 0.05) is 100 Å². The molecule has 1 aliphatic rings. The minimum atomic E-state index is -3.39. The predicted octanol–water partition coefficient (Wildman–Crippen LogP) is 10.0. The third-order valence-corrected chi connectivity index (χ3v) is 20.3. The zero-order chi connectivity index (χ0) is 82.9. The summed E-state index contributed by atoms with van der Waals surface area (Å²) in [5.74, 6) is 16.6. The Bertz CT molecular complexity index is 7020. The highest BCUT2D eigenvalue weighted by Gasteiger charge is 2.29. The van der Waals surface area contributed by atoms with Gasteiger partial charge in [-0.1, -0.05) is 127 Å². The fraction of sp³-hybridized carbons (Fsp3) is 0.167. The van der Waals surface area contributed by atoms with E-state index in [1.165, 1.54) is 0 Å². The summed E-state index contributed by atoms with van der Waals surface area (Å²) in [5, 5.41) is 31.6. The quantitative estimate of drug-likeness (QED) is 0.0462. The molecule has 10 heterocycles. The second-order valence-corrected chi connectivity index (χ2v) is 29.6. The van der Waals surface area contributed by atoms with Crippen LogP contribution in [-0.4, -0.2) is 115 Å². The number of benzene rings is 6. The number of pyridine rings is 3. The van der Waals surface area contributed by atoms with E-state index >= 15 is 0 Å². The van der Waals surface area contributed by atoms with Gasteiger partial charge in [0.1, 0.15) is 17.2 Å². The number of nitrogens with zero attached hydrogens (tertiary/aromatic N) is 12. The standard InChI is InChI=1S/C33H29N7O3.C29H26N6O4S.C28H23N5O2/c1-21(26-20-36-39-18-8-17-34-31(26)39)37-22(2)28-19-24-10-6-9-23(11-7-16-35-32(42)27-14-15-29(41)38-27)30(24)33(43)40(28)25-12-4-3-5-13-25;1-19(32-28(36)25-20(2)33-34-17-9-15-30-27(25)34)24-18-22-11-7-10-21(12-8-16-31-40(3,38)39)26(22)29(37)35(24)23-13-5-4-6-14-23;1-4-10-20-11-8-12-21-17-23(33(28(35)25(20)21)22-13-6-5-7-14-22)18(2)30-27(34)24-19(3)31-32-16-9-15-29-26(24)32/h3-6,8-10,12-13,17-20,22,27,37H,1,14-16H2,2H3,(H,35,42)(H,38,41);4-7,9-11,13-15,17-19,31H,16H2,1-3H3,(H,32,36);5-9,11-18H,1-3H3,(H,30,34)/t22-,27-;19-;18-/m000/s1. The summed E-state index contributed by atoms with van der Waals surface area (Å²) < 4.78 is 34.8. The summed E-state index contributed by atoms with van der Waals surface area (Å²) in [5.41, 5.74) is 9.92. The summed E-state index contributed by atoms with van der Waals surface area (Å²) >= 11 is 0. The van der Waals surface area contributed by atoms with Crippen molar-refractivity contribution in [2.45, 2.75) is 78.6 Å². The summed E-state index contributed by atoms with van der Waals surface area (Å²) in [6.45, 7) is 15.2. The first-order valence-electron chi connectivity index (χ1n) is 37.6. The number of sulfonamides is 1. The van der Waals surface area contributed by atoms with E-state index in [4.69, 9.17) is 0 Å². The molecule has 0 saturated carbocycles. The van der Waals surface area contributed by atoms with Crippen LogP contribution in [-0.2, 0) is 19.6 Å². The normalized spacial score (nSPS) is 13.1. The van der Waals surface area contributed by atoms with Crippen molar-refractivity contribution in [3.8, 4) is 52.6 Å². The van der Waals surface area contributed by atoms with Crippen molar-refractivity contribution in [3.63, 3.8) is 0 Å². The molecule has 28 heteroatoms. The van der Waals surface area contributed by atoms with Crippen molar-refractivity contribution < 1.29 is 27.6 Å². The lowest BCUT2D eigenvalue weighted by atomic mass is 10.0. The lowest BCUT2D eigenvalue weighted by Gasteiger charge is -2.22. The number of hydrogen-bond acceptors (Lipinski definition) is 16. The molecule has 0 unspecified atom stereocenters. The molecule has 0 aliphatic carbocycles. The van der Waals surface area contributed by atoms with Gasteiger partial charge in [-0.2, -0.15) is 15.3 Å². The fourth-order valence-corrected chi connectivity index (χ4v) is 14.6. The van der Waals surface area contributed by atoms with Crippen LogP contribution in [0.3, 0.4) is 0 Å². The molecule has 1 fully saturated rings. The van der Waals surface area contributed by atoms with Crippen molar-refractivity contribution >= 4 is 88.6 Å². The van der Waals surface area contributed by atoms with Gasteiger partial charge in [-0.05, 0) is 155 Å². The second-order valence-electron chi connectivity index (χ2n) is 27.8. The van der Waals surface area contributed by atoms with Gasteiger partial charge in [0.05, 0.1) is 76.8 Å².